The molecule has 0 amide bonds. The Morgan fingerprint density at radius 2 is 2.05 bits per heavy atom. The fraction of sp³-hybridized carbons (Fsp3) is 0.250. The van der Waals surface area contributed by atoms with Gasteiger partial charge in [0.25, 0.3) is 0 Å². The van der Waals surface area contributed by atoms with Gasteiger partial charge in [0.05, 0.1) is 6.10 Å². The Balaban J connectivity index is 1.99. The zero-order valence-corrected chi connectivity index (χ0v) is 13.9. The Bertz CT molecular complexity index is 623. The number of aliphatic hydroxyl groups is 1. The molecule has 5 heteroatoms. The first-order valence-electron chi connectivity index (χ1n) is 6.57. The lowest BCUT2D eigenvalue weighted by Gasteiger charge is -2.21. The Morgan fingerprint density at radius 3 is 2.71 bits per heavy atom. The largest absolute Gasteiger partial charge is 0.388 e. The molecule has 2 rings (SSSR count). The van der Waals surface area contributed by atoms with E-state index in [1.807, 2.05) is 24.1 Å². The minimum absolute atomic E-state index is 0.268. The predicted octanol–water partition coefficient (Wildman–Crippen LogP) is 4.80. The van der Waals surface area contributed by atoms with Gasteiger partial charge in [-0.25, -0.2) is 4.39 Å². The van der Waals surface area contributed by atoms with Crippen molar-refractivity contribution in [3.8, 4) is 0 Å². The molecule has 21 heavy (non-hydrogen) atoms. The number of hydrogen-bond donors (Lipinski definition) is 1. The minimum Gasteiger partial charge on any atom is -0.388 e. The van der Waals surface area contributed by atoms with Crippen LogP contribution in [0.3, 0.4) is 0 Å². The molecule has 1 atom stereocenters. The summed E-state index contributed by atoms with van der Waals surface area (Å²) in [5, 5.41) is 10.8. The number of aliphatic hydroxyl groups excluding tert-OH is 1. The standard InChI is InChI=1S/C16H16BrClFNO/c1-20(13-4-2-3-12(19)10-13)8-7-16(21)14-6-5-11(17)9-15(14)18/h2-6,9-10,16,21H,7-8H2,1H3. The van der Waals surface area contributed by atoms with Gasteiger partial charge in [-0.1, -0.05) is 39.7 Å². The first-order valence-corrected chi connectivity index (χ1v) is 7.74. The molecule has 112 valence electrons. The van der Waals surface area contributed by atoms with Crippen molar-refractivity contribution in [1.29, 1.82) is 0 Å². The van der Waals surface area contributed by atoms with Crippen LogP contribution in [-0.4, -0.2) is 18.7 Å². The average Bonchev–Trinajstić information content (AvgIpc) is 2.44. The average molecular weight is 373 g/mol. The van der Waals surface area contributed by atoms with E-state index in [-0.39, 0.29) is 5.82 Å². The van der Waals surface area contributed by atoms with E-state index in [1.165, 1.54) is 12.1 Å². The molecule has 0 fully saturated rings. The molecule has 0 aliphatic rings. The maximum Gasteiger partial charge on any atom is 0.125 e. The number of benzene rings is 2. The summed E-state index contributed by atoms with van der Waals surface area (Å²) in [6.45, 7) is 0.594. The Kier molecular flexibility index (Phi) is 5.62. The molecule has 2 aromatic carbocycles. The van der Waals surface area contributed by atoms with Crippen molar-refractivity contribution < 1.29 is 9.50 Å². The maximum atomic E-state index is 13.2. The summed E-state index contributed by atoms with van der Waals surface area (Å²) < 4.78 is 14.1. The monoisotopic (exact) mass is 371 g/mol. The van der Waals surface area contributed by atoms with Crippen LogP contribution >= 0.6 is 27.5 Å². The summed E-state index contributed by atoms with van der Waals surface area (Å²) in [7, 11) is 1.87. The molecule has 0 saturated heterocycles. The Hall–Kier alpha value is -1.10. The van der Waals surface area contributed by atoms with E-state index in [9.17, 15) is 9.50 Å². The van der Waals surface area contributed by atoms with Crippen LogP contribution in [0.4, 0.5) is 10.1 Å². The molecule has 2 aromatic rings. The van der Waals surface area contributed by atoms with Crippen LogP contribution in [0.5, 0.6) is 0 Å². The van der Waals surface area contributed by atoms with Crippen molar-refractivity contribution in [3.63, 3.8) is 0 Å². The van der Waals surface area contributed by atoms with Gasteiger partial charge in [-0.05, 0) is 42.3 Å². The van der Waals surface area contributed by atoms with E-state index < -0.39 is 6.10 Å². The smallest absolute Gasteiger partial charge is 0.125 e. The summed E-state index contributed by atoms with van der Waals surface area (Å²) in [6.07, 6.45) is -0.143. The highest BCUT2D eigenvalue weighted by Gasteiger charge is 2.13. The van der Waals surface area contributed by atoms with Gasteiger partial charge < -0.3 is 10.0 Å². The first kappa shape index (κ1) is 16.3. The SMILES string of the molecule is CN(CCC(O)c1ccc(Br)cc1Cl)c1cccc(F)c1. The summed E-state index contributed by atoms with van der Waals surface area (Å²) >= 11 is 9.46. The highest BCUT2D eigenvalue weighted by atomic mass is 79.9. The van der Waals surface area contributed by atoms with Crippen LogP contribution in [0, 0.1) is 5.82 Å². The third kappa shape index (κ3) is 4.43. The molecule has 2 nitrogen and oxygen atoms in total. The van der Waals surface area contributed by atoms with E-state index in [4.69, 9.17) is 11.6 Å². The fourth-order valence-corrected chi connectivity index (χ4v) is 2.89. The van der Waals surface area contributed by atoms with Crippen molar-refractivity contribution in [1.82, 2.24) is 0 Å². The van der Waals surface area contributed by atoms with Crippen molar-refractivity contribution in [2.75, 3.05) is 18.5 Å². The van der Waals surface area contributed by atoms with E-state index in [0.717, 1.165) is 10.2 Å². The summed E-state index contributed by atoms with van der Waals surface area (Å²) in [6, 6.07) is 11.8. The van der Waals surface area contributed by atoms with Crippen molar-refractivity contribution in [3.05, 3.63) is 63.3 Å². The molecule has 1 unspecified atom stereocenters. The zero-order valence-electron chi connectivity index (χ0n) is 11.6. The highest BCUT2D eigenvalue weighted by Crippen LogP contribution is 2.28. The lowest BCUT2D eigenvalue weighted by molar-refractivity contribution is 0.170. The zero-order chi connectivity index (χ0) is 15.4. The first-order chi connectivity index (χ1) is 9.97. The van der Waals surface area contributed by atoms with Crippen LogP contribution in [0.1, 0.15) is 18.1 Å². The highest BCUT2D eigenvalue weighted by molar-refractivity contribution is 9.10. The lowest BCUT2D eigenvalue weighted by atomic mass is 10.1. The molecular formula is C16H16BrClFNO. The van der Waals surface area contributed by atoms with Crippen molar-refractivity contribution >= 4 is 33.2 Å². The van der Waals surface area contributed by atoms with Crippen LogP contribution in [0.15, 0.2) is 46.9 Å². The van der Waals surface area contributed by atoms with Gasteiger partial charge in [-0.15, -0.1) is 0 Å². The third-order valence-corrected chi connectivity index (χ3v) is 4.13. The van der Waals surface area contributed by atoms with E-state index >= 15 is 0 Å². The summed E-state index contributed by atoms with van der Waals surface area (Å²) in [4.78, 5) is 1.90. The van der Waals surface area contributed by atoms with Gasteiger partial charge in [0.15, 0.2) is 0 Å². The Morgan fingerprint density at radius 1 is 1.29 bits per heavy atom. The molecule has 0 bridgehead atoms. The summed E-state index contributed by atoms with van der Waals surface area (Å²) in [5.41, 5.74) is 1.48. The summed E-state index contributed by atoms with van der Waals surface area (Å²) in [5.74, 6) is -0.268. The fourth-order valence-electron chi connectivity index (χ4n) is 2.09. The van der Waals surface area contributed by atoms with Crippen LogP contribution in [-0.2, 0) is 0 Å². The van der Waals surface area contributed by atoms with Gasteiger partial charge in [-0.3, -0.25) is 0 Å². The van der Waals surface area contributed by atoms with Crippen LogP contribution in [0.25, 0.3) is 0 Å². The van der Waals surface area contributed by atoms with Crippen LogP contribution < -0.4 is 4.90 Å². The number of rotatable bonds is 5. The second kappa shape index (κ2) is 7.25. The van der Waals surface area contributed by atoms with Gasteiger partial charge >= 0.3 is 0 Å². The van der Waals surface area contributed by atoms with Gasteiger partial charge in [-0.2, -0.15) is 0 Å². The number of nitrogens with zero attached hydrogens (tertiary/aromatic N) is 1. The maximum absolute atomic E-state index is 13.2. The molecule has 0 aromatic heterocycles. The lowest BCUT2D eigenvalue weighted by Crippen LogP contribution is -2.20. The van der Waals surface area contributed by atoms with E-state index in [1.54, 1.807) is 18.2 Å². The molecular weight excluding hydrogens is 357 g/mol. The normalized spacial score (nSPS) is 12.2. The van der Waals surface area contributed by atoms with Crippen LogP contribution in [0.2, 0.25) is 5.02 Å². The topological polar surface area (TPSA) is 23.5 Å². The number of anilines is 1. The van der Waals surface area contributed by atoms with Gasteiger partial charge in [0.1, 0.15) is 5.82 Å². The molecule has 0 aliphatic heterocycles. The number of halogens is 3. The van der Waals surface area contributed by atoms with Gasteiger partial charge in [0.2, 0.25) is 0 Å². The molecule has 0 aliphatic carbocycles. The van der Waals surface area contributed by atoms with Crippen molar-refractivity contribution in [2.45, 2.75) is 12.5 Å². The van der Waals surface area contributed by atoms with Crippen molar-refractivity contribution in [2.24, 2.45) is 0 Å². The molecule has 1 N–H and O–H groups in total. The molecule has 0 saturated carbocycles. The third-order valence-electron chi connectivity index (χ3n) is 3.31. The number of hydrogen-bond acceptors (Lipinski definition) is 2. The second-order valence-corrected chi connectivity index (χ2v) is 6.19. The van der Waals surface area contributed by atoms with E-state index in [2.05, 4.69) is 15.9 Å². The molecule has 0 spiro atoms. The van der Waals surface area contributed by atoms with Gasteiger partial charge in [0, 0.05) is 28.8 Å². The minimum atomic E-state index is -0.651. The van der Waals surface area contributed by atoms with E-state index in [0.29, 0.717) is 23.6 Å². The Labute approximate surface area is 137 Å². The quantitative estimate of drug-likeness (QED) is 0.815. The second-order valence-electron chi connectivity index (χ2n) is 4.87. The predicted molar refractivity (Wildman–Crippen MR) is 88.4 cm³/mol. The molecule has 0 heterocycles. The molecule has 0 radical (unpaired) electrons.